The summed E-state index contributed by atoms with van der Waals surface area (Å²) in [6.45, 7) is 2.76. The molecule has 9 nitrogen and oxygen atoms in total. The molecule has 1 heterocycles. The number of nitrogens with one attached hydrogen (secondary N) is 2. The first-order chi connectivity index (χ1) is 15.9. The van der Waals surface area contributed by atoms with Crippen LogP contribution in [0.3, 0.4) is 0 Å². The lowest BCUT2D eigenvalue weighted by molar-refractivity contribution is -0.384. The maximum Gasteiger partial charge on any atom is 0.270 e. The third-order valence-corrected chi connectivity index (χ3v) is 5.73. The molecule has 1 aliphatic rings. The summed E-state index contributed by atoms with van der Waals surface area (Å²) in [7, 11) is 1.61. The van der Waals surface area contributed by atoms with E-state index in [1.807, 2.05) is 6.07 Å². The van der Waals surface area contributed by atoms with Crippen molar-refractivity contribution in [3.8, 4) is 0 Å². The normalized spacial score (nSPS) is 13.5. The minimum Gasteiger partial charge on any atom is -0.385 e. The first-order valence-electron chi connectivity index (χ1n) is 10.8. The van der Waals surface area contributed by atoms with E-state index in [4.69, 9.17) is 16.3 Å². The Morgan fingerprint density at radius 1 is 1.09 bits per heavy atom. The fourth-order valence-corrected chi connectivity index (χ4v) is 3.98. The Labute approximate surface area is 197 Å². The summed E-state index contributed by atoms with van der Waals surface area (Å²) in [6, 6.07) is 8.88. The van der Waals surface area contributed by atoms with Crippen LogP contribution in [0.5, 0.6) is 0 Å². The van der Waals surface area contributed by atoms with Crippen molar-refractivity contribution in [2.75, 3.05) is 43.6 Å². The molecule has 0 aromatic heterocycles. The number of carbonyl (C=O) groups excluding carboxylic acids is 2. The number of methoxy groups -OCH3 is 1. The zero-order valence-electron chi connectivity index (χ0n) is 18.4. The number of nitro groups is 1. The lowest BCUT2D eigenvalue weighted by Crippen LogP contribution is -2.33. The predicted molar refractivity (Wildman–Crippen MR) is 127 cm³/mol. The zero-order valence-corrected chi connectivity index (χ0v) is 19.2. The molecule has 0 saturated carbocycles. The molecule has 3 rings (SSSR count). The molecule has 0 unspecified atom stereocenters. The lowest BCUT2D eigenvalue weighted by atomic mass is 10.1. The monoisotopic (exact) mass is 474 g/mol. The van der Waals surface area contributed by atoms with E-state index in [2.05, 4.69) is 15.5 Å². The van der Waals surface area contributed by atoms with Gasteiger partial charge in [0, 0.05) is 56.9 Å². The first kappa shape index (κ1) is 24.5. The van der Waals surface area contributed by atoms with Crippen molar-refractivity contribution in [2.45, 2.75) is 25.7 Å². The van der Waals surface area contributed by atoms with E-state index in [9.17, 15) is 19.7 Å². The number of hydrogen-bond donors (Lipinski definition) is 2. The molecule has 1 aliphatic heterocycles. The van der Waals surface area contributed by atoms with Crippen LogP contribution in [0, 0.1) is 10.1 Å². The van der Waals surface area contributed by atoms with E-state index in [0.717, 1.165) is 37.7 Å². The van der Waals surface area contributed by atoms with Crippen LogP contribution >= 0.6 is 11.6 Å². The minimum atomic E-state index is -0.579. The molecule has 1 fully saturated rings. The summed E-state index contributed by atoms with van der Waals surface area (Å²) in [4.78, 5) is 38.2. The number of benzene rings is 2. The minimum absolute atomic E-state index is 0.0252. The standard InChI is InChI=1S/C23H27ClN4O5/c1-33-13-5-10-25-22(29)19-14-16(6-9-21(19)27-11-3-2-4-12-27)26-23(30)18-8-7-17(28(31)32)15-20(18)24/h6-9,14-15H,2-5,10-13H2,1H3,(H,25,29)(H,26,30). The Morgan fingerprint density at radius 3 is 2.52 bits per heavy atom. The Morgan fingerprint density at radius 2 is 1.85 bits per heavy atom. The lowest BCUT2D eigenvalue weighted by Gasteiger charge is -2.30. The number of hydrogen-bond acceptors (Lipinski definition) is 6. The quantitative estimate of drug-likeness (QED) is 0.319. The van der Waals surface area contributed by atoms with Gasteiger partial charge in [-0.05, 0) is 49.9 Å². The highest BCUT2D eigenvalue weighted by atomic mass is 35.5. The van der Waals surface area contributed by atoms with E-state index in [-0.39, 0.29) is 22.2 Å². The number of amides is 2. The molecule has 2 aromatic rings. The third-order valence-electron chi connectivity index (χ3n) is 5.41. The Hall–Kier alpha value is -3.17. The van der Waals surface area contributed by atoms with E-state index < -0.39 is 10.8 Å². The van der Waals surface area contributed by atoms with Crippen LogP contribution in [-0.2, 0) is 4.74 Å². The number of halogens is 1. The van der Waals surface area contributed by atoms with Gasteiger partial charge in [-0.15, -0.1) is 0 Å². The van der Waals surface area contributed by atoms with Gasteiger partial charge in [0.05, 0.1) is 21.1 Å². The molecule has 0 radical (unpaired) electrons. The summed E-state index contributed by atoms with van der Waals surface area (Å²) >= 11 is 6.08. The highest BCUT2D eigenvalue weighted by Crippen LogP contribution is 2.28. The molecule has 0 atom stereocenters. The molecule has 0 bridgehead atoms. The van der Waals surface area contributed by atoms with E-state index in [1.54, 1.807) is 19.2 Å². The topological polar surface area (TPSA) is 114 Å². The van der Waals surface area contributed by atoms with Gasteiger partial charge in [0.1, 0.15) is 0 Å². The van der Waals surface area contributed by atoms with Crippen LogP contribution in [0.15, 0.2) is 36.4 Å². The fourth-order valence-electron chi connectivity index (χ4n) is 3.72. The second-order valence-electron chi connectivity index (χ2n) is 7.76. The Balaban J connectivity index is 1.82. The van der Waals surface area contributed by atoms with Gasteiger partial charge < -0.3 is 20.3 Å². The number of piperidine rings is 1. The molecule has 33 heavy (non-hydrogen) atoms. The summed E-state index contributed by atoms with van der Waals surface area (Å²) < 4.78 is 5.03. The zero-order chi connectivity index (χ0) is 23.8. The highest BCUT2D eigenvalue weighted by molar-refractivity contribution is 6.34. The first-order valence-corrected chi connectivity index (χ1v) is 11.2. The van der Waals surface area contributed by atoms with Crippen molar-refractivity contribution in [3.63, 3.8) is 0 Å². The number of ether oxygens (including phenoxy) is 1. The number of carbonyl (C=O) groups is 2. The molecule has 10 heteroatoms. The van der Waals surface area contributed by atoms with Crippen molar-refractivity contribution in [1.29, 1.82) is 0 Å². The molecule has 176 valence electrons. The van der Waals surface area contributed by atoms with E-state index in [0.29, 0.717) is 30.8 Å². The number of rotatable bonds is 9. The number of nitrogens with zero attached hydrogens (tertiary/aromatic N) is 2. The van der Waals surface area contributed by atoms with Crippen molar-refractivity contribution in [1.82, 2.24) is 5.32 Å². The third kappa shape index (κ3) is 6.43. The smallest absolute Gasteiger partial charge is 0.270 e. The summed E-state index contributed by atoms with van der Waals surface area (Å²) in [5.41, 5.74) is 1.63. The highest BCUT2D eigenvalue weighted by Gasteiger charge is 2.21. The van der Waals surface area contributed by atoms with Crippen LogP contribution in [0.25, 0.3) is 0 Å². The van der Waals surface area contributed by atoms with Crippen LogP contribution in [0.1, 0.15) is 46.4 Å². The van der Waals surface area contributed by atoms with Crippen LogP contribution in [0.2, 0.25) is 5.02 Å². The van der Waals surface area contributed by atoms with Gasteiger partial charge in [-0.2, -0.15) is 0 Å². The molecular weight excluding hydrogens is 448 g/mol. The van der Waals surface area contributed by atoms with Crippen molar-refractivity contribution < 1.29 is 19.2 Å². The van der Waals surface area contributed by atoms with Crippen molar-refractivity contribution in [3.05, 3.63) is 62.7 Å². The molecule has 0 spiro atoms. The molecule has 0 aliphatic carbocycles. The molecular formula is C23H27ClN4O5. The summed E-state index contributed by atoms with van der Waals surface area (Å²) in [6.07, 6.45) is 3.98. The van der Waals surface area contributed by atoms with Gasteiger partial charge >= 0.3 is 0 Å². The van der Waals surface area contributed by atoms with Crippen molar-refractivity contribution in [2.24, 2.45) is 0 Å². The van der Waals surface area contributed by atoms with Crippen LogP contribution in [0.4, 0.5) is 17.1 Å². The molecule has 2 amide bonds. The average molecular weight is 475 g/mol. The predicted octanol–water partition coefficient (Wildman–Crippen LogP) is 4.26. The number of nitro benzene ring substituents is 1. The van der Waals surface area contributed by atoms with Gasteiger partial charge in [0.25, 0.3) is 17.5 Å². The van der Waals surface area contributed by atoms with Gasteiger partial charge in [-0.3, -0.25) is 19.7 Å². The molecule has 2 N–H and O–H groups in total. The van der Waals surface area contributed by atoms with E-state index >= 15 is 0 Å². The Kier molecular flexibility index (Phi) is 8.62. The maximum absolute atomic E-state index is 13.0. The van der Waals surface area contributed by atoms with Gasteiger partial charge in [0.2, 0.25) is 0 Å². The maximum atomic E-state index is 13.0. The molecule has 2 aromatic carbocycles. The number of anilines is 2. The summed E-state index contributed by atoms with van der Waals surface area (Å²) in [5, 5.41) is 16.5. The largest absolute Gasteiger partial charge is 0.385 e. The van der Waals surface area contributed by atoms with Crippen molar-refractivity contribution >= 4 is 40.5 Å². The second-order valence-corrected chi connectivity index (χ2v) is 8.16. The Bertz CT molecular complexity index is 1020. The molecule has 1 saturated heterocycles. The average Bonchev–Trinajstić information content (AvgIpc) is 2.82. The fraction of sp³-hybridized carbons (Fsp3) is 0.391. The SMILES string of the molecule is COCCCNC(=O)c1cc(NC(=O)c2ccc([N+](=O)[O-])cc2Cl)ccc1N1CCCCC1. The summed E-state index contributed by atoms with van der Waals surface area (Å²) in [5.74, 6) is -0.747. The number of non-ortho nitro benzene ring substituents is 1. The van der Waals surface area contributed by atoms with E-state index in [1.165, 1.54) is 18.6 Å². The van der Waals surface area contributed by atoms with Gasteiger partial charge in [-0.1, -0.05) is 11.6 Å². The van der Waals surface area contributed by atoms with Gasteiger partial charge in [0.15, 0.2) is 0 Å². The van der Waals surface area contributed by atoms with Crippen LogP contribution in [-0.4, -0.2) is 50.1 Å². The van der Waals surface area contributed by atoms with Crippen LogP contribution < -0.4 is 15.5 Å². The van der Waals surface area contributed by atoms with Gasteiger partial charge in [-0.25, -0.2) is 0 Å². The second kappa shape index (κ2) is 11.6.